The number of ether oxygens (including phenoxy) is 2. The first-order valence-electron chi connectivity index (χ1n) is 7.68. The highest BCUT2D eigenvalue weighted by Gasteiger charge is 2.43. The highest BCUT2D eigenvalue weighted by atomic mass is 16.6. The standard InChI is InChI=1S/C16H24N2O2/c1-2-18-15(13-3-7-17-8-4-13)14-5-9-20-16(11-14)6-10-19-12-16/h3-4,7-8,14-15,18H,2,5-6,9-12H2,1H3. The maximum Gasteiger partial charge on any atom is 0.0940 e. The number of rotatable bonds is 4. The summed E-state index contributed by atoms with van der Waals surface area (Å²) in [6.07, 6.45) is 7.01. The molecule has 2 saturated heterocycles. The van der Waals surface area contributed by atoms with Gasteiger partial charge in [-0.15, -0.1) is 0 Å². The van der Waals surface area contributed by atoms with Crippen molar-refractivity contribution in [1.82, 2.24) is 10.3 Å². The molecule has 110 valence electrons. The van der Waals surface area contributed by atoms with Gasteiger partial charge in [0.15, 0.2) is 0 Å². The predicted molar refractivity (Wildman–Crippen MR) is 77.5 cm³/mol. The molecule has 4 heteroatoms. The number of hydrogen-bond donors (Lipinski definition) is 1. The molecule has 0 aliphatic carbocycles. The van der Waals surface area contributed by atoms with Gasteiger partial charge in [-0.2, -0.15) is 0 Å². The quantitative estimate of drug-likeness (QED) is 0.916. The van der Waals surface area contributed by atoms with Crippen molar-refractivity contribution < 1.29 is 9.47 Å². The minimum absolute atomic E-state index is 0.0242. The molecule has 0 saturated carbocycles. The van der Waals surface area contributed by atoms with Crippen LogP contribution in [0.25, 0.3) is 0 Å². The van der Waals surface area contributed by atoms with Crippen molar-refractivity contribution >= 4 is 0 Å². The monoisotopic (exact) mass is 276 g/mol. The maximum atomic E-state index is 6.06. The van der Waals surface area contributed by atoms with Crippen LogP contribution < -0.4 is 5.32 Å². The third-order valence-corrected chi connectivity index (χ3v) is 4.56. The molecule has 1 spiro atoms. The Morgan fingerprint density at radius 3 is 2.95 bits per heavy atom. The Balaban J connectivity index is 1.77. The molecule has 3 unspecified atom stereocenters. The molecule has 3 rings (SSSR count). The molecule has 0 aromatic carbocycles. The smallest absolute Gasteiger partial charge is 0.0940 e. The van der Waals surface area contributed by atoms with Crippen LogP contribution in [0.15, 0.2) is 24.5 Å². The van der Waals surface area contributed by atoms with E-state index in [-0.39, 0.29) is 5.60 Å². The first-order chi connectivity index (χ1) is 9.83. The van der Waals surface area contributed by atoms with Gasteiger partial charge in [0, 0.05) is 38.1 Å². The zero-order valence-corrected chi connectivity index (χ0v) is 12.2. The summed E-state index contributed by atoms with van der Waals surface area (Å²) in [5.74, 6) is 0.604. The summed E-state index contributed by atoms with van der Waals surface area (Å²) in [4.78, 5) is 4.13. The number of pyridine rings is 1. The highest BCUT2D eigenvalue weighted by molar-refractivity contribution is 5.17. The fraction of sp³-hybridized carbons (Fsp3) is 0.688. The Bertz CT molecular complexity index is 418. The van der Waals surface area contributed by atoms with Crippen LogP contribution in [-0.4, -0.2) is 37.0 Å². The Hall–Kier alpha value is -0.970. The van der Waals surface area contributed by atoms with E-state index in [1.807, 2.05) is 12.4 Å². The molecular formula is C16H24N2O2. The molecule has 2 aliphatic heterocycles. The largest absolute Gasteiger partial charge is 0.378 e. The maximum absolute atomic E-state index is 6.06. The van der Waals surface area contributed by atoms with E-state index in [9.17, 15) is 0 Å². The van der Waals surface area contributed by atoms with Crippen molar-refractivity contribution in [3.8, 4) is 0 Å². The lowest BCUT2D eigenvalue weighted by atomic mass is 9.79. The lowest BCUT2D eigenvalue weighted by molar-refractivity contribution is -0.103. The minimum Gasteiger partial charge on any atom is -0.378 e. The molecule has 3 atom stereocenters. The summed E-state index contributed by atoms with van der Waals surface area (Å²) < 4.78 is 11.6. The van der Waals surface area contributed by atoms with Gasteiger partial charge in [-0.1, -0.05) is 6.92 Å². The van der Waals surface area contributed by atoms with Gasteiger partial charge in [0.1, 0.15) is 0 Å². The number of nitrogens with one attached hydrogen (secondary N) is 1. The van der Waals surface area contributed by atoms with Crippen LogP contribution in [-0.2, 0) is 9.47 Å². The van der Waals surface area contributed by atoms with Gasteiger partial charge in [0.05, 0.1) is 12.2 Å². The third-order valence-electron chi connectivity index (χ3n) is 4.56. The van der Waals surface area contributed by atoms with E-state index < -0.39 is 0 Å². The Kier molecular flexibility index (Phi) is 4.34. The molecule has 1 N–H and O–H groups in total. The van der Waals surface area contributed by atoms with Gasteiger partial charge in [-0.05, 0) is 43.0 Å². The van der Waals surface area contributed by atoms with Gasteiger partial charge in [0.2, 0.25) is 0 Å². The normalized spacial score (nSPS) is 31.6. The molecule has 1 aromatic heterocycles. The van der Waals surface area contributed by atoms with Crippen molar-refractivity contribution in [3.63, 3.8) is 0 Å². The Labute approximate surface area is 120 Å². The zero-order chi connectivity index (χ0) is 13.8. The van der Waals surface area contributed by atoms with E-state index in [0.29, 0.717) is 12.0 Å². The second kappa shape index (κ2) is 6.20. The first kappa shape index (κ1) is 14.0. The number of hydrogen-bond acceptors (Lipinski definition) is 4. The summed E-state index contributed by atoms with van der Waals surface area (Å²) in [6, 6.07) is 4.64. The average Bonchev–Trinajstić information content (AvgIpc) is 2.93. The summed E-state index contributed by atoms with van der Waals surface area (Å²) in [5.41, 5.74) is 1.31. The lowest BCUT2D eigenvalue weighted by Gasteiger charge is -2.40. The summed E-state index contributed by atoms with van der Waals surface area (Å²) in [6.45, 7) is 5.60. The topological polar surface area (TPSA) is 43.4 Å². The molecule has 20 heavy (non-hydrogen) atoms. The summed E-state index contributed by atoms with van der Waals surface area (Å²) in [7, 11) is 0. The van der Waals surface area contributed by atoms with Crippen LogP contribution in [0, 0.1) is 5.92 Å². The van der Waals surface area contributed by atoms with E-state index in [1.54, 1.807) is 0 Å². The van der Waals surface area contributed by atoms with Crippen molar-refractivity contribution in [3.05, 3.63) is 30.1 Å². The molecule has 0 bridgehead atoms. The van der Waals surface area contributed by atoms with Gasteiger partial charge in [-0.3, -0.25) is 4.98 Å². The average molecular weight is 276 g/mol. The highest BCUT2D eigenvalue weighted by Crippen LogP contribution is 2.40. The van der Waals surface area contributed by atoms with Crippen molar-refractivity contribution in [1.29, 1.82) is 0 Å². The fourth-order valence-electron chi connectivity index (χ4n) is 3.56. The number of aromatic nitrogens is 1. The molecule has 0 radical (unpaired) electrons. The van der Waals surface area contributed by atoms with Gasteiger partial charge in [0.25, 0.3) is 0 Å². The lowest BCUT2D eigenvalue weighted by Crippen LogP contribution is -2.44. The van der Waals surface area contributed by atoms with Crippen LogP contribution in [0.5, 0.6) is 0 Å². The number of nitrogens with zero attached hydrogens (tertiary/aromatic N) is 1. The predicted octanol–water partition coefficient (Wildman–Crippen LogP) is 2.32. The molecule has 1 aromatic rings. The summed E-state index contributed by atoms with van der Waals surface area (Å²) >= 11 is 0. The van der Waals surface area contributed by atoms with Crippen LogP contribution in [0.2, 0.25) is 0 Å². The van der Waals surface area contributed by atoms with Crippen molar-refractivity contribution in [2.24, 2.45) is 5.92 Å². The van der Waals surface area contributed by atoms with Crippen LogP contribution >= 0.6 is 0 Å². The van der Waals surface area contributed by atoms with Gasteiger partial charge < -0.3 is 14.8 Å². The second-order valence-electron chi connectivity index (χ2n) is 5.90. The molecule has 2 aliphatic rings. The fourth-order valence-corrected chi connectivity index (χ4v) is 3.56. The van der Waals surface area contributed by atoms with Crippen molar-refractivity contribution in [2.75, 3.05) is 26.4 Å². The molecule has 4 nitrogen and oxygen atoms in total. The Morgan fingerprint density at radius 1 is 1.40 bits per heavy atom. The van der Waals surface area contributed by atoms with E-state index in [2.05, 4.69) is 29.4 Å². The first-order valence-corrected chi connectivity index (χ1v) is 7.68. The van der Waals surface area contributed by atoms with E-state index in [1.165, 1.54) is 5.56 Å². The van der Waals surface area contributed by atoms with Gasteiger partial charge >= 0.3 is 0 Å². The molecule has 3 heterocycles. The molecular weight excluding hydrogens is 252 g/mol. The summed E-state index contributed by atoms with van der Waals surface area (Å²) in [5, 5.41) is 3.65. The van der Waals surface area contributed by atoms with Crippen molar-refractivity contribution in [2.45, 2.75) is 37.8 Å². The van der Waals surface area contributed by atoms with Gasteiger partial charge in [-0.25, -0.2) is 0 Å². The van der Waals surface area contributed by atoms with E-state index >= 15 is 0 Å². The zero-order valence-electron chi connectivity index (χ0n) is 12.2. The van der Waals surface area contributed by atoms with E-state index in [4.69, 9.17) is 9.47 Å². The SMILES string of the molecule is CCNC(c1ccncc1)C1CCOC2(CCOC2)C1. The minimum atomic E-state index is -0.0242. The second-order valence-corrected chi connectivity index (χ2v) is 5.90. The van der Waals surface area contributed by atoms with Crippen LogP contribution in [0.1, 0.15) is 37.8 Å². The Morgan fingerprint density at radius 2 is 2.25 bits per heavy atom. The van der Waals surface area contributed by atoms with Crippen LogP contribution in [0.4, 0.5) is 0 Å². The molecule has 2 fully saturated rings. The molecule has 0 amide bonds. The van der Waals surface area contributed by atoms with Crippen LogP contribution in [0.3, 0.4) is 0 Å². The van der Waals surface area contributed by atoms with E-state index in [0.717, 1.165) is 45.6 Å². The third kappa shape index (κ3) is 2.87.